The highest BCUT2D eigenvalue weighted by molar-refractivity contribution is 5.29. The lowest BCUT2D eigenvalue weighted by Crippen LogP contribution is -2.32. The number of rotatable bonds is 3. The lowest BCUT2D eigenvalue weighted by Gasteiger charge is -2.18. The minimum Gasteiger partial charge on any atom is -0.365 e. The van der Waals surface area contributed by atoms with Crippen LogP contribution < -0.4 is 5.73 Å². The van der Waals surface area contributed by atoms with Gasteiger partial charge >= 0.3 is 0 Å². The molecule has 0 aliphatic heterocycles. The number of hydrogen-bond acceptors (Lipinski definition) is 1. The summed E-state index contributed by atoms with van der Waals surface area (Å²) in [5, 5.41) is 0. The van der Waals surface area contributed by atoms with Gasteiger partial charge < -0.3 is 10.7 Å². The molecule has 0 fully saturated rings. The molecule has 0 atom stereocenters. The summed E-state index contributed by atoms with van der Waals surface area (Å²) in [5.74, 6) is 0. The maximum atomic E-state index is 5.94. The molecule has 0 radical (unpaired) electrons. The molecule has 1 rings (SSSR count). The summed E-state index contributed by atoms with van der Waals surface area (Å²) in [6, 6.07) is 0. The van der Waals surface area contributed by atoms with Crippen molar-refractivity contribution >= 4 is 0 Å². The SMILES string of the molecule is Cc1c[nH]c(C)c1CCC(C)(C)N. The minimum absolute atomic E-state index is 0.0594. The van der Waals surface area contributed by atoms with E-state index in [9.17, 15) is 0 Å². The lowest BCUT2D eigenvalue weighted by molar-refractivity contribution is 0.476. The van der Waals surface area contributed by atoms with Gasteiger partial charge in [0.1, 0.15) is 0 Å². The number of nitrogens with one attached hydrogen (secondary N) is 1. The molecule has 13 heavy (non-hydrogen) atoms. The van der Waals surface area contributed by atoms with Gasteiger partial charge in [-0.2, -0.15) is 0 Å². The van der Waals surface area contributed by atoms with Crippen LogP contribution in [-0.4, -0.2) is 10.5 Å². The van der Waals surface area contributed by atoms with Crippen LogP contribution in [0.25, 0.3) is 0 Å². The molecular formula is C11H20N2. The van der Waals surface area contributed by atoms with E-state index < -0.39 is 0 Å². The van der Waals surface area contributed by atoms with E-state index >= 15 is 0 Å². The molecule has 0 amide bonds. The second-order valence-electron chi connectivity index (χ2n) is 4.56. The zero-order valence-corrected chi connectivity index (χ0v) is 9.07. The molecule has 1 aromatic heterocycles. The predicted molar refractivity (Wildman–Crippen MR) is 56.9 cm³/mol. The minimum atomic E-state index is -0.0594. The highest BCUT2D eigenvalue weighted by Gasteiger charge is 2.12. The van der Waals surface area contributed by atoms with Crippen molar-refractivity contribution in [2.24, 2.45) is 5.73 Å². The number of aromatic amines is 1. The molecule has 0 unspecified atom stereocenters. The second-order valence-corrected chi connectivity index (χ2v) is 4.56. The number of aromatic nitrogens is 1. The summed E-state index contributed by atoms with van der Waals surface area (Å²) in [6.45, 7) is 8.41. The number of aryl methyl sites for hydroxylation is 2. The molecule has 0 spiro atoms. The van der Waals surface area contributed by atoms with Gasteiger partial charge in [-0.05, 0) is 51.7 Å². The zero-order valence-electron chi connectivity index (χ0n) is 9.07. The third kappa shape index (κ3) is 2.88. The third-order valence-electron chi connectivity index (χ3n) is 2.45. The van der Waals surface area contributed by atoms with Crippen molar-refractivity contribution in [3.05, 3.63) is 23.0 Å². The van der Waals surface area contributed by atoms with E-state index in [0.717, 1.165) is 12.8 Å². The molecule has 1 aromatic rings. The van der Waals surface area contributed by atoms with Crippen LogP contribution in [0.15, 0.2) is 6.20 Å². The van der Waals surface area contributed by atoms with Crippen molar-refractivity contribution in [2.45, 2.75) is 46.1 Å². The van der Waals surface area contributed by atoms with Crippen LogP contribution in [0.1, 0.15) is 37.1 Å². The monoisotopic (exact) mass is 180 g/mol. The van der Waals surface area contributed by atoms with Gasteiger partial charge in [0.25, 0.3) is 0 Å². The molecule has 0 saturated heterocycles. The Balaban J connectivity index is 2.64. The van der Waals surface area contributed by atoms with Gasteiger partial charge in [0.2, 0.25) is 0 Å². The van der Waals surface area contributed by atoms with E-state index in [2.05, 4.69) is 38.9 Å². The van der Waals surface area contributed by atoms with Crippen LogP contribution in [0, 0.1) is 13.8 Å². The fourth-order valence-corrected chi connectivity index (χ4v) is 1.52. The van der Waals surface area contributed by atoms with Gasteiger partial charge in [-0.25, -0.2) is 0 Å². The van der Waals surface area contributed by atoms with Crippen LogP contribution in [0.4, 0.5) is 0 Å². The van der Waals surface area contributed by atoms with Crippen molar-refractivity contribution in [3.8, 4) is 0 Å². The fraction of sp³-hybridized carbons (Fsp3) is 0.636. The van der Waals surface area contributed by atoms with Crippen molar-refractivity contribution in [1.82, 2.24) is 4.98 Å². The highest BCUT2D eigenvalue weighted by Crippen LogP contribution is 2.17. The largest absolute Gasteiger partial charge is 0.365 e. The molecule has 1 heterocycles. The first-order chi connectivity index (χ1) is 5.90. The molecule has 2 nitrogen and oxygen atoms in total. The number of hydrogen-bond donors (Lipinski definition) is 2. The molecule has 0 aliphatic rings. The Morgan fingerprint density at radius 1 is 1.38 bits per heavy atom. The Morgan fingerprint density at radius 2 is 2.00 bits per heavy atom. The number of H-pyrrole nitrogens is 1. The van der Waals surface area contributed by atoms with E-state index in [1.165, 1.54) is 16.8 Å². The maximum absolute atomic E-state index is 5.94. The maximum Gasteiger partial charge on any atom is 0.0150 e. The molecule has 0 bridgehead atoms. The van der Waals surface area contributed by atoms with Crippen molar-refractivity contribution in [2.75, 3.05) is 0 Å². The normalized spacial score (nSPS) is 12.1. The summed E-state index contributed by atoms with van der Waals surface area (Å²) < 4.78 is 0. The molecular weight excluding hydrogens is 160 g/mol. The number of nitrogens with two attached hydrogens (primary N) is 1. The topological polar surface area (TPSA) is 41.8 Å². The first-order valence-electron chi connectivity index (χ1n) is 4.82. The summed E-state index contributed by atoms with van der Waals surface area (Å²) in [5.41, 5.74) is 9.94. The van der Waals surface area contributed by atoms with Gasteiger partial charge in [0.05, 0.1) is 0 Å². The van der Waals surface area contributed by atoms with Crippen LogP contribution in [-0.2, 0) is 6.42 Å². The van der Waals surface area contributed by atoms with Gasteiger partial charge in [0.15, 0.2) is 0 Å². The average Bonchev–Trinajstić information content (AvgIpc) is 2.27. The molecule has 2 heteroatoms. The van der Waals surface area contributed by atoms with Gasteiger partial charge in [-0.1, -0.05) is 0 Å². The van der Waals surface area contributed by atoms with Crippen LogP contribution in [0.3, 0.4) is 0 Å². The summed E-state index contributed by atoms with van der Waals surface area (Å²) in [6.07, 6.45) is 4.17. The van der Waals surface area contributed by atoms with Crippen LogP contribution in [0.5, 0.6) is 0 Å². The standard InChI is InChI=1S/C11H20N2/c1-8-7-13-9(2)10(8)5-6-11(3,4)12/h7,13H,5-6,12H2,1-4H3. The van der Waals surface area contributed by atoms with Gasteiger partial charge in [-0.15, -0.1) is 0 Å². The summed E-state index contributed by atoms with van der Waals surface area (Å²) >= 11 is 0. The lowest BCUT2D eigenvalue weighted by atomic mass is 9.95. The van der Waals surface area contributed by atoms with E-state index in [0.29, 0.717) is 0 Å². The van der Waals surface area contributed by atoms with Crippen LogP contribution >= 0.6 is 0 Å². The zero-order chi connectivity index (χ0) is 10.1. The van der Waals surface area contributed by atoms with E-state index in [-0.39, 0.29) is 5.54 Å². The predicted octanol–water partition coefficient (Wildman–Crippen LogP) is 2.30. The quantitative estimate of drug-likeness (QED) is 0.736. The van der Waals surface area contributed by atoms with Gasteiger partial charge in [0, 0.05) is 17.4 Å². The second kappa shape index (κ2) is 3.54. The Morgan fingerprint density at radius 3 is 2.38 bits per heavy atom. The summed E-state index contributed by atoms with van der Waals surface area (Å²) in [4.78, 5) is 3.23. The Labute approximate surface area is 80.5 Å². The Hall–Kier alpha value is -0.760. The Kier molecular flexibility index (Phi) is 2.81. The fourth-order valence-electron chi connectivity index (χ4n) is 1.52. The third-order valence-corrected chi connectivity index (χ3v) is 2.45. The first kappa shape index (κ1) is 10.3. The highest BCUT2D eigenvalue weighted by atomic mass is 14.7. The molecule has 0 aliphatic carbocycles. The first-order valence-corrected chi connectivity index (χ1v) is 4.82. The van der Waals surface area contributed by atoms with E-state index in [1.807, 2.05) is 0 Å². The average molecular weight is 180 g/mol. The summed E-state index contributed by atoms with van der Waals surface area (Å²) in [7, 11) is 0. The van der Waals surface area contributed by atoms with Crippen molar-refractivity contribution in [1.29, 1.82) is 0 Å². The van der Waals surface area contributed by atoms with Crippen LogP contribution in [0.2, 0.25) is 0 Å². The molecule has 0 saturated carbocycles. The molecule has 3 N–H and O–H groups in total. The molecule has 0 aromatic carbocycles. The molecule has 74 valence electrons. The van der Waals surface area contributed by atoms with Gasteiger partial charge in [-0.3, -0.25) is 0 Å². The van der Waals surface area contributed by atoms with E-state index in [1.54, 1.807) is 0 Å². The van der Waals surface area contributed by atoms with Crippen molar-refractivity contribution in [3.63, 3.8) is 0 Å². The Bertz CT molecular complexity index is 259. The smallest absolute Gasteiger partial charge is 0.0150 e. The van der Waals surface area contributed by atoms with E-state index in [4.69, 9.17) is 5.73 Å². The van der Waals surface area contributed by atoms with Crippen molar-refractivity contribution < 1.29 is 0 Å².